The van der Waals surface area contributed by atoms with Crippen molar-refractivity contribution in [3.63, 3.8) is 0 Å². The predicted octanol–water partition coefficient (Wildman–Crippen LogP) is 4.68. The van der Waals surface area contributed by atoms with Crippen molar-refractivity contribution in [3.8, 4) is 0 Å². The Hall–Kier alpha value is 0.390. The Bertz CT molecular complexity index is 140. The van der Waals surface area contributed by atoms with Crippen molar-refractivity contribution in [2.24, 2.45) is 0 Å². The molecular weight excluding hydrogens is 315 g/mol. The molecule has 0 aliphatic carbocycles. The standard InChI is InChI=1S/C13H25IO2/c1-2-12-15-16-13-10-8-6-4-3-5-7-9-11-14/h2H,1,3-13H2. The molecule has 0 fully saturated rings. The van der Waals surface area contributed by atoms with E-state index in [1.807, 2.05) is 0 Å². The minimum Gasteiger partial charge on any atom is -0.236 e. The van der Waals surface area contributed by atoms with Gasteiger partial charge in [-0.15, -0.1) is 6.58 Å². The maximum Gasteiger partial charge on any atom is 0.100 e. The van der Waals surface area contributed by atoms with Crippen LogP contribution in [0.15, 0.2) is 12.7 Å². The van der Waals surface area contributed by atoms with Crippen molar-refractivity contribution in [2.45, 2.75) is 51.4 Å². The number of rotatable bonds is 13. The Kier molecular flexibility index (Phi) is 15.8. The van der Waals surface area contributed by atoms with Gasteiger partial charge in [0.1, 0.15) is 6.61 Å². The van der Waals surface area contributed by atoms with E-state index < -0.39 is 0 Å². The average molecular weight is 340 g/mol. The first kappa shape index (κ1) is 16.4. The molecule has 0 aromatic rings. The Labute approximate surface area is 114 Å². The fourth-order valence-electron chi connectivity index (χ4n) is 1.47. The lowest BCUT2D eigenvalue weighted by Crippen LogP contribution is -1.96. The SMILES string of the molecule is C=CCOOCCCCCCCCCCI. The molecule has 0 rings (SSSR count). The zero-order valence-corrected chi connectivity index (χ0v) is 12.4. The Morgan fingerprint density at radius 2 is 1.38 bits per heavy atom. The minimum atomic E-state index is 0.483. The van der Waals surface area contributed by atoms with Crippen molar-refractivity contribution >= 4 is 22.6 Å². The van der Waals surface area contributed by atoms with Crippen LogP contribution in [-0.4, -0.2) is 17.6 Å². The van der Waals surface area contributed by atoms with E-state index in [0.717, 1.165) is 6.42 Å². The molecule has 0 aromatic carbocycles. The maximum atomic E-state index is 4.96. The molecule has 0 aromatic heterocycles. The summed E-state index contributed by atoms with van der Waals surface area (Å²) >= 11 is 2.45. The fourth-order valence-corrected chi connectivity index (χ4v) is 2.01. The molecule has 2 nitrogen and oxygen atoms in total. The molecule has 0 radical (unpaired) electrons. The highest BCUT2D eigenvalue weighted by Crippen LogP contribution is 2.09. The first-order valence-corrected chi connectivity index (χ1v) is 7.85. The van der Waals surface area contributed by atoms with Gasteiger partial charge in [-0.25, -0.2) is 9.78 Å². The quantitative estimate of drug-likeness (QED) is 0.121. The van der Waals surface area contributed by atoms with Gasteiger partial charge in [0.05, 0.1) is 6.61 Å². The van der Waals surface area contributed by atoms with Crippen LogP contribution in [0.1, 0.15) is 51.4 Å². The van der Waals surface area contributed by atoms with Crippen LogP contribution in [0.2, 0.25) is 0 Å². The minimum absolute atomic E-state index is 0.483. The topological polar surface area (TPSA) is 18.5 Å². The van der Waals surface area contributed by atoms with Crippen LogP contribution in [0, 0.1) is 0 Å². The van der Waals surface area contributed by atoms with Gasteiger partial charge in [0.25, 0.3) is 0 Å². The molecule has 0 spiro atoms. The van der Waals surface area contributed by atoms with Crippen LogP contribution in [0.5, 0.6) is 0 Å². The zero-order chi connectivity index (χ0) is 11.9. The molecule has 0 heterocycles. The van der Waals surface area contributed by atoms with Crippen LogP contribution < -0.4 is 0 Å². The summed E-state index contributed by atoms with van der Waals surface area (Å²) in [5.41, 5.74) is 0. The normalized spacial score (nSPS) is 10.6. The number of hydrogen-bond acceptors (Lipinski definition) is 2. The van der Waals surface area contributed by atoms with E-state index in [1.54, 1.807) is 6.08 Å². The smallest absolute Gasteiger partial charge is 0.100 e. The van der Waals surface area contributed by atoms with E-state index >= 15 is 0 Å². The highest BCUT2D eigenvalue weighted by molar-refractivity contribution is 14.1. The van der Waals surface area contributed by atoms with Crippen LogP contribution >= 0.6 is 22.6 Å². The van der Waals surface area contributed by atoms with Gasteiger partial charge in [-0.3, -0.25) is 0 Å². The molecule has 0 saturated carbocycles. The largest absolute Gasteiger partial charge is 0.236 e. The van der Waals surface area contributed by atoms with Gasteiger partial charge in [-0.2, -0.15) is 0 Å². The zero-order valence-electron chi connectivity index (χ0n) is 10.3. The molecule has 0 aliphatic rings. The predicted molar refractivity (Wildman–Crippen MR) is 77.9 cm³/mol. The van der Waals surface area contributed by atoms with Gasteiger partial charge in [0.15, 0.2) is 0 Å². The van der Waals surface area contributed by atoms with E-state index in [9.17, 15) is 0 Å². The van der Waals surface area contributed by atoms with Crippen molar-refractivity contribution in [3.05, 3.63) is 12.7 Å². The molecule has 0 atom stereocenters. The molecule has 0 N–H and O–H groups in total. The molecule has 0 bridgehead atoms. The molecule has 0 saturated heterocycles. The third kappa shape index (κ3) is 14.4. The molecule has 16 heavy (non-hydrogen) atoms. The summed E-state index contributed by atoms with van der Waals surface area (Å²) in [6.07, 6.45) is 12.3. The monoisotopic (exact) mass is 340 g/mol. The van der Waals surface area contributed by atoms with E-state index in [0.29, 0.717) is 13.2 Å². The summed E-state index contributed by atoms with van der Waals surface area (Å²) in [5.74, 6) is 0. The molecule has 96 valence electrons. The van der Waals surface area contributed by atoms with Gasteiger partial charge < -0.3 is 0 Å². The summed E-state index contributed by atoms with van der Waals surface area (Å²) in [6, 6.07) is 0. The summed E-state index contributed by atoms with van der Waals surface area (Å²) in [5, 5.41) is 0. The molecular formula is C13H25IO2. The van der Waals surface area contributed by atoms with Crippen LogP contribution in [0.4, 0.5) is 0 Å². The van der Waals surface area contributed by atoms with Gasteiger partial charge in [-0.05, 0) is 17.3 Å². The molecule has 0 amide bonds. The van der Waals surface area contributed by atoms with Gasteiger partial charge in [0.2, 0.25) is 0 Å². The molecule has 0 aliphatic heterocycles. The number of hydrogen-bond donors (Lipinski definition) is 0. The first-order chi connectivity index (χ1) is 7.91. The first-order valence-electron chi connectivity index (χ1n) is 6.33. The second-order valence-corrected chi connectivity index (χ2v) is 4.99. The highest BCUT2D eigenvalue weighted by Gasteiger charge is 1.92. The van der Waals surface area contributed by atoms with Gasteiger partial charge >= 0.3 is 0 Å². The van der Waals surface area contributed by atoms with Crippen LogP contribution in [0.3, 0.4) is 0 Å². The van der Waals surface area contributed by atoms with E-state index in [1.165, 1.54) is 49.4 Å². The second kappa shape index (κ2) is 15.4. The van der Waals surface area contributed by atoms with E-state index in [4.69, 9.17) is 9.78 Å². The summed E-state index contributed by atoms with van der Waals surface area (Å²) in [4.78, 5) is 9.80. The lowest BCUT2D eigenvalue weighted by molar-refractivity contribution is -0.286. The summed E-state index contributed by atoms with van der Waals surface area (Å²) < 4.78 is 1.31. The van der Waals surface area contributed by atoms with Gasteiger partial charge in [-0.1, -0.05) is 67.2 Å². The molecule has 3 heteroatoms. The Morgan fingerprint density at radius 1 is 0.812 bits per heavy atom. The van der Waals surface area contributed by atoms with Crippen LogP contribution in [0.25, 0.3) is 0 Å². The van der Waals surface area contributed by atoms with Crippen molar-refractivity contribution < 1.29 is 9.78 Å². The van der Waals surface area contributed by atoms with Crippen molar-refractivity contribution in [2.75, 3.05) is 17.6 Å². The van der Waals surface area contributed by atoms with Crippen LogP contribution in [-0.2, 0) is 9.78 Å². The van der Waals surface area contributed by atoms with Gasteiger partial charge in [0, 0.05) is 0 Å². The lowest BCUT2D eigenvalue weighted by Gasteiger charge is -2.02. The number of alkyl halides is 1. The third-order valence-electron chi connectivity index (χ3n) is 2.38. The number of unbranched alkanes of at least 4 members (excludes halogenated alkanes) is 7. The average Bonchev–Trinajstić information content (AvgIpc) is 2.31. The Morgan fingerprint density at radius 3 is 1.94 bits per heavy atom. The maximum absolute atomic E-state index is 4.96. The molecule has 0 unspecified atom stereocenters. The third-order valence-corrected chi connectivity index (χ3v) is 3.14. The van der Waals surface area contributed by atoms with Crippen molar-refractivity contribution in [1.29, 1.82) is 0 Å². The lowest BCUT2D eigenvalue weighted by atomic mass is 10.1. The highest BCUT2D eigenvalue weighted by atomic mass is 127. The van der Waals surface area contributed by atoms with E-state index in [-0.39, 0.29) is 0 Å². The van der Waals surface area contributed by atoms with Crippen molar-refractivity contribution in [1.82, 2.24) is 0 Å². The fraction of sp³-hybridized carbons (Fsp3) is 0.846. The summed E-state index contributed by atoms with van der Waals surface area (Å²) in [6.45, 7) is 4.74. The summed E-state index contributed by atoms with van der Waals surface area (Å²) in [7, 11) is 0. The second-order valence-electron chi connectivity index (χ2n) is 3.91. The van der Waals surface area contributed by atoms with E-state index in [2.05, 4.69) is 29.2 Å². The number of halogens is 1. The Balaban J connectivity index is 2.85.